The van der Waals surface area contributed by atoms with E-state index in [0.29, 0.717) is 10.1 Å². The van der Waals surface area contributed by atoms with Gasteiger partial charge in [0.15, 0.2) is 5.11 Å². The lowest BCUT2D eigenvalue weighted by molar-refractivity contribution is 0.0681. The van der Waals surface area contributed by atoms with Crippen molar-refractivity contribution in [3.8, 4) is 0 Å². The number of nitrogens with one attached hydrogen (secondary N) is 1. The monoisotopic (exact) mass is 266 g/mol. The van der Waals surface area contributed by atoms with E-state index in [1.54, 1.807) is 0 Å². The average Bonchev–Trinajstić information content (AvgIpc) is 2.40. The molecule has 0 atom stereocenters. The summed E-state index contributed by atoms with van der Waals surface area (Å²) in [4.78, 5) is 2.75. The summed E-state index contributed by atoms with van der Waals surface area (Å²) in [6, 6.07) is 9.82. The molecular weight excluding hydrogens is 252 g/mol. The first kappa shape index (κ1) is 12.4. The Labute approximate surface area is 112 Å². The van der Waals surface area contributed by atoms with Gasteiger partial charge in [-0.25, -0.2) is 0 Å². The van der Waals surface area contributed by atoms with Gasteiger partial charge < -0.3 is 15.0 Å². The van der Waals surface area contributed by atoms with Gasteiger partial charge in [-0.3, -0.25) is 0 Å². The molecular formula is C12H14N2OS2. The number of morpholine rings is 1. The Bertz CT molecular complexity index is 402. The minimum atomic E-state index is 0.669. The number of benzene rings is 1. The third kappa shape index (κ3) is 3.46. The van der Waals surface area contributed by atoms with Gasteiger partial charge in [0.05, 0.1) is 13.2 Å². The van der Waals surface area contributed by atoms with Crippen LogP contribution in [0.1, 0.15) is 5.56 Å². The first-order chi connectivity index (χ1) is 8.27. The lowest BCUT2D eigenvalue weighted by Gasteiger charge is -2.29. The van der Waals surface area contributed by atoms with E-state index in [1.165, 1.54) is 0 Å². The van der Waals surface area contributed by atoms with Gasteiger partial charge in [-0.15, -0.1) is 0 Å². The molecule has 5 heteroatoms. The maximum atomic E-state index is 5.32. The zero-order chi connectivity index (χ0) is 12.1. The minimum absolute atomic E-state index is 0.669. The van der Waals surface area contributed by atoms with Gasteiger partial charge in [-0.2, -0.15) is 0 Å². The summed E-state index contributed by atoms with van der Waals surface area (Å²) in [5.41, 5.74) is 0.984. The van der Waals surface area contributed by atoms with E-state index >= 15 is 0 Å². The molecule has 1 aliphatic heterocycles. The second-order valence-corrected chi connectivity index (χ2v) is 4.52. The molecule has 1 aliphatic rings. The molecule has 0 radical (unpaired) electrons. The van der Waals surface area contributed by atoms with Crippen LogP contribution in [0.5, 0.6) is 0 Å². The average molecular weight is 266 g/mol. The molecule has 0 unspecified atom stereocenters. The van der Waals surface area contributed by atoms with Crippen molar-refractivity contribution in [1.29, 1.82) is 0 Å². The van der Waals surface area contributed by atoms with Gasteiger partial charge in [0.25, 0.3) is 0 Å². The van der Waals surface area contributed by atoms with E-state index in [4.69, 9.17) is 29.2 Å². The minimum Gasteiger partial charge on any atom is -0.378 e. The summed E-state index contributed by atoms with van der Waals surface area (Å²) in [7, 11) is 0. The molecule has 17 heavy (non-hydrogen) atoms. The van der Waals surface area contributed by atoms with E-state index in [0.717, 1.165) is 31.9 Å². The summed E-state index contributed by atoms with van der Waals surface area (Å²) < 4.78 is 5.28. The van der Waals surface area contributed by atoms with Crippen LogP contribution in [0.15, 0.2) is 30.3 Å². The van der Waals surface area contributed by atoms with Gasteiger partial charge in [-0.05, 0) is 12.2 Å². The molecule has 0 saturated carbocycles. The van der Waals surface area contributed by atoms with E-state index in [2.05, 4.69) is 10.2 Å². The van der Waals surface area contributed by atoms with Crippen molar-refractivity contribution >= 4 is 34.5 Å². The third-order valence-corrected chi connectivity index (χ3v) is 3.25. The van der Waals surface area contributed by atoms with Crippen molar-refractivity contribution in [3.05, 3.63) is 35.9 Å². The predicted molar refractivity (Wildman–Crippen MR) is 76.3 cm³/mol. The molecule has 1 fully saturated rings. The SMILES string of the molecule is S=C(NC(=S)N1CCOCC1)c1ccccc1. The molecule has 1 heterocycles. The van der Waals surface area contributed by atoms with Crippen LogP contribution in [-0.4, -0.2) is 41.3 Å². The summed E-state index contributed by atoms with van der Waals surface area (Å²) >= 11 is 10.6. The van der Waals surface area contributed by atoms with Gasteiger partial charge >= 0.3 is 0 Å². The molecule has 1 aromatic rings. The Morgan fingerprint density at radius 3 is 2.41 bits per heavy atom. The first-order valence-electron chi connectivity index (χ1n) is 5.50. The highest BCUT2D eigenvalue weighted by atomic mass is 32.1. The standard InChI is InChI=1S/C12H14N2OS2/c16-11(10-4-2-1-3-5-10)13-12(17)14-6-8-15-9-7-14/h1-5H,6-9H2,(H,13,16,17). The van der Waals surface area contributed by atoms with Crippen LogP contribution >= 0.6 is 24.4 Å². The molecule has 0 aromatic heterocycles. The number of hydrogen-bond acceptors (Lipinski definition) is 3. The van der Waals surface area contributed by atoms with Crippen molar-refractivity contribution in [2.24, 2.45) is 0 Å². The van der Waals surface area contributed by atoms with Crippen LogP contribution in [0.4, 0.5) is 0 Å². The van der Waals surface area contributed by atoms with Crippen LogP contribution in [0.3, 0.4) is 0 Å². The molecule has 0 amide bonds. The molecule has 0 spiro atoms. The quantitative estimate of drug-likeness (QED) is 0.778. The topological polar surface area (TPSA) is 24.5 Å². The van der Waals surface area contributed by atoms with Crippen molar-refractivity contribution in [2.45, 2.75) is 0 Å². The second kappa shape index (κ2) is 6.05. The van der Waals surface area contributed by atoms with E-state index in [1.807, 2.05) is 30.3 Å². The lowest BCUT2D eigenvalue weighted by Crippen LogP contribution is -2.47. The van der Waals surface area contributed by atoms with Crippen LogP contribution in [0.2, 0.25) is 0 Å². The molecule has 0 aliphatic carbocycles. The maximum Gasteiger partial charge on any atom is 0.174 e. The zero-order valence-corrected chi connectivity index (χ0v) is 11.0. The molecule has 90 valence electrons. The fourth-order valence-corrected chi connectivity index (χ4v) is 2.19. The van der Waals surface area contributed by atoms with Crippen molar-refractivity contribution in [2.75, 3.05) is 26.3 Å². The first-order valence-corrected chi connectivity index (χ1v) is 6.32. The van der Waals surface area contributed by atoms with E-state index < -0.39 is 0 Å². The van der Waals surface area contributed by atoms with Gasteiger partial charge in [0.1, 0.15) is 4.99 Å². The van der Waals surface area contributed by atoms with Crippen LogP contribution in [0.25, 0.3) is 0 Å². The van der Waals surface area contributed by atoms with Crippen molar-refractivity contribution in [1.82, 2.24) is 10.2 Å². The van der Waals surface area contributed by atoms with E-state index in [9.17, 15) is 0 Å². The van der Waals surface area contributed by atoms with Crippen LogP contribution < -0.4 is 5.32 Å². The molecule has 3 nitrogen and oxygen atoms in total. The van der Waals surface area contributed by atoms with Crippen molar-refractivity contribution < 1.29 is 4.74 Å². The number of nitrogens with zero attached hydrogens (tertiary/aromatic N) is 1. The number of hydrogen-bond donors (Lipinski definition) is 1. The molecule has 2 rings (SSSR count). The number of thiocarbonyl (C=S) groups is 2. The zero-order valence-electron chi connectivity index (χ0n) is 9.39. The third-order valence-electron chi connectivity index (χ3n) is 2.55. The highest BCUT2D eigenvalue weighted by Gasteiger charge is 2.14. The number of rotatable bonds is 1. The fourth-order valence-electron chi connectivity index (χ4n) is 1.60. The Kier molecular flexibility index (Phi) is 4.42. The summed E-state index contributed by atoms with van der Waals surface area (Å²) in [6.07, 6.45) is 0. The van der Waals surface area contributed by atoms with Gasteiger partial charge in [0.2, 0.25) is 0 Å². The molecule has 1 aromatic carbocycles. The highest BCUT2D eigenvalue weighted by Crippen LogP contribution is 2.02. The second-order valence-electron chi connectivity index (χ2n) is 3.72. The summed E-state index contributed by atoms with van der Waals surface area (Å²) in [6.45, 7) is 3.09. The Hall–Kier alpha value is -1.04. The van der Waals surface area contributed by atoms with E-state index in [-0.39, 0.29) is 0 Å². The van der Waals surface area contributed by atoms with Gasteiger partial charge in [0, 0.05) is 18.7 Å². The molecule has 0 bridgehead atoms. The fraction of sp³-hybridized carbons (Fsp3) is 0.333. The Morgan fingerprint density at radius 2 is 1.76 bits per heavy atom. The highest BCUT2D eigenvalue weighted by molar-refractivity contribution is 7.82. The Balaban J connectivity index is 1.92. The van der Waals surface area contributed by atoms with Crippen LogP contribution in [-0.2, 0) is 4.74 Å². The lowest BCUT2D eigenvalue weighted by atomic mass is 10.2. The molecule has 1 N–H and O–H groups in total. The maximum absolute atomic E-state index is 5.32. The largest absolute Gasteiger partial charge is 0.378 e. The normalized spacial score (nSPS) is 15.4. The summed E-state index contributed by atoms with van der Waals surface area (Å²) in [5, 5.41) is 3.78. The molecule has 1 saturated heterocycles. The Morgan fingerprint density at radius 1 is 1.12 bits per heavy atom. The number of ether oxygens (including phenoxy) is 1. The van der Waals surface area contributed by atoms with Crippen molar-refractivity contribution in [3.63, 3.8) is 0 Å². The summed E-state index contributed by atoms with van der Waals surface area (Å²) in [5.74, 6) is 0. The van der Waals surface area contributed by atoms with Gasteiger partial charge in [-0.1, -0.05) is 42.5 Å². The van der Waals surface area contributed by atoms with Crippen LogP contribution in [0, 0.1) is 0 Å². The smallest absolute Gasteiger partial charge is 0.174 e. The predicted octanol–water partition coefficient (Wildman–Crippen LogP) is 1.57.